The van der Waals surface area contributed by atoms with E-state index in [1.165, 1.54) is 6.33 Å². The monoisotopic (exact) mass is 361 g/mol. The van der Waals surface area contributed by atoms with Crippen LogP contribution in [0.25, 0.3) is 0 Å². The van der Waals surface area contributed by atoms with Gasteiger partial charge >= 0.3 is 0 Å². The van der Waals surface area contributed by atoms with Gasteiger partial charge in [0.05, 0.1) is 11.6 Å². The topological polar surface area (TPSA) is 47.0 Å². The number of benzene rings is 1. The summed E-state index contributed by atoms with van der Waals surface area (Å²) in [4.78, 5) is 7.96. The van der Waals surface area contributed by atoms with E-state index in [1.54, 1.807) is 7.11 Å². The summed E-state index contributed by atoms with van der Waals surface area (Å²) in [6.45, 7) is 0.467. The Labute approximate surface area is 129 Å². The van der Waals surface area contributed by atoms with Gasteiger partial charge in [-0.2, -0.15) is 0 Å². The molecular formula is C12H10BrCl2N3O. The normalized spacial score (nSPS) is 10.3. The smallest absolute Gasteiger partial charge is 0.148 e. The predicted octanol–water partition coefficient (Wildman–Crippen LogP) is 4.17. The Bertz CT molecular complexity index is 595. The van der Waals surface area contributed by atoms with E-state index in [9.17, 15) is 0 Å². The average Bonchev–Trinajstić information content (AvgIpc) is 2.41. The van der Waals surface area contributed by atoms with Crippen molar-refractivity contribution < 1.29 is 4.74 Å². The van der Waals surface area contributed by atoms with Crippen LogP contribution in [0.1, 0.15) is 5.56 Å². The molecule has 0 fully saturated rings. The first-order valence-electron chi connectivity index (χ1n) is 5.34. The summed E-state index contributed by atoms with van der Waals surface area (Å²) >= 11 is 15.4. The zero-order chi connectivity index (χ0) is 13.8. The van der Waals surface area contributed by atoms with Crippen LogP contribution in [0.5, 0.6) is 5.75 Å². The first-order valence-corrected chi connectivity index (χ1v) is 6.89. The molecule has 0 aliphatic heterocycles. The molecule has 0 unspecified atom stereocenters. The molecule has 4 nitrogen and oxygen atoms in total. The molecule has 1 N–H and O–H groups in total. The van der Waals surface area contributed by atoms with Gasteiger partial charge in [-0.1, -0.05) is 29.3 Å². The van der Waals surface area contributed by atoms with Crippen molar-refractivity contribution >= 4 is 44.9 Å². The third-order valence-corrected chi connectivity index (χ3v) is 4.10. The molecule has 0 bridgehead atoms. The summed E-state index contributed by atoms with van der Waals surface area (Å²) in [7, 11) is 1.60. The van der Waals surface area contributed by atoms with Crippen LogP contribution in [0.15, 0.2) is 29.0 Å². The summed E-state index contributed by atoms with van der Waals surface area (Å²) in [5.74, 6) is 1.32. The number of halogens is 3. The second-order valence-electron chi connectivity index (χ2n) is 3.60. The molecule has 1 aromatic heterocycles. The maximum Gasteiger partial charge on any atom is 0.148 e. The molecule has 2 rings (SSSR count). The lowest BCUT2D eigenvalue weighted by Gasteiger charge is -2.12. The van der Waals surface area contributed by atoms with Gasteiger partial charge in [0, 0.05) is 17.1 Å². The number of nitrogens with one attached hydrogen (secondary N) is 1. The highest BCUT2D eigenvalue weighted by atomic mass is 79.9. The molecule has 1 aromatic carbocycles. The van der Waals surface area contributed by atoms with Crippen LogP contribution in [0.3, 0.4) is 0 Å². The molecule has 0 aliphatic rings. The van der Waals surface area contributed by atoms with Crippen LogP contribution in [0.4, 0.5) is 5.82 Å². The highest BCUT2D eigenvalue weighted by Gasteiger charge is 2.10. The Balaban J connectivity index is 2.21. The van der Waals surface area contributed by atoms with Crippen molar-refractivity contribution in [2.45, 2.75) is 6.54 Å². The van der Waals surface area contributed by atoms with Crippen LogP contribution < -0.4 is 10.1 Å². The van der Waals surface area contributed by atoms with Crippen LogP contribution in [-0.2, 0) is 6.54 Å². The summed E-state index contributed by atoms with van der Waals surface area (Å²) in [6, 6.07) is 5.50. The number of rotatable bonds is 4. The van der Waals surface area contributed by atoms with Crippen molar-refractivity contribution in [1.29, 1.82) is 0 Å². The number of nitrogens with zero attached hydrogens (tertiary/aromatic N) is 2. The first-order chi connectivity index (χ1) is 9.13. The zero-order valence-electron chi connectivity index (χ0n) is 9.95. The molecule has 0 radical (unpaired) electrons. The number of anilines is 1. The molecular weight excluding hydrogens is 353 g/mol. The minimum Gasteiger partial charge on any atom is -0.496 e. The van der Waals surface area contributed by atoms with Crippen molar-refractivity contribution in [3.8, 4) is 5.75 Å². The van der Waals surface area contributed by atoms with Crippen LogP contribution in [0.2, 0.25) is 10.2 Å². The maximum absolute atomic E-state index is 6.15. The fraction of sp³-hybridized carbons (Fsp3) is 0.167. The molecule has 0 aliphatic carbocycles. The van der Waals surface area contributed by atoms with E-state index < -0.39 is 0 Å². The molecule has 0 saturated heterocycles. The first kappa shape index (κ1) is 14.4. The Hall–Kier alpha value is -1.04. The van der Waals surface area contributed by atoms with Crippen molar-refractivity contribution in [3.05, 3.63) is 44.7 Å². The molecule has 100 valence electrons. The SMILES string of the molecule is COc1cccc(Cl)c1CNc1ncnc(Cl)c1Br. The largest absolute Gasteiger partial charge is 0.496 e. The fourth-order valence-electron chi connectivity index (χ4n) is 1.55. The van der Waals surface area contributed by atoms with Gasteiger partial charge in [-0.25, -0.2) is 9.97 Å². The number of ether oxygens (including phenoxy) is 1. The van der Waals surface area contributed by atoms with Gasteiger partial charge in [0.2, 0.25) is 0 Å². The third kappa shape index (κ3) is 3.29. The van der Waals surface area contributed by atoms with E-state index in [2.05, 4.69) is 31.2 Å². The van der Waals surface area contributed by atoms with E-state index in [1.807, 2.05) is 18.2 Å². The average molecular weight is 363 g/mol. The van der Waals surface area contributed by atoms with E-state index in [0.29, 0.717) is 27.0 Å². The predicted molar refractivity (Wildman–Crippen MR) is 80.1 cm³/mol. The number of hydrogen-bond acceptors (Lipinski definition) is 4. The minimum absolute atomic E-state index is 0.351. The Morgan fingerprint density at radius 2 is 2.11 bits per heavy atom. The number of methoxy groups -OCH3 is 1. The highest BCUT2D eigenvalue weighted by Crippen LogP contribution is 2.29. The Morgan fingerprint density at radius 3 is 2.84 bits per heavy atom. The molecule has 0 atom stereocenters. The van der Waals surface area contributed by atoms with Crippen molar-refractivity contribution in [2.75, 3.05) is 12.4 Å². The molecule has 0 saturated carbocycles. The lowest BCUT2D eigenvalue weighted by Crippen LogP contribution is -2.05. The summed E-state index contributed by atoms with van der Waals surface area (Å²) in [6.07, 6.45) is 1.39. The van der Waals surface area contributed by atoms with Crippen molar-refractivity contribution in [1.82, 2.24) is 9.97 Å². The zero-order valence-corrected chi connectivity index (χ0v) is 13.1. The van der Waals surface area contributed by atoms with Crippen LogP contribution in [-0.4, -0.2) is 17.1 Å². The highest BCUT2D eigenvalue weighted by molar-refractivity contribution is 9.10. The standard InChI is InChI=1S/C12H10BrCl2N3O/c1-19-9-4-2-3-8(14)7(9)5-16-12-10(13)11(15)17-6-18-12/h2-4,6H,5H2,1H3,(H,16,17,18). The van der Waals surface area contributed by atoms with Crippen molar-refractivity contribution in [2.24, 2.45) is 0 Å². The van der Waals surface area contributed by atoms with Crippen LogP contribution in [0, 0.1) is 0 Å². The molecule has 1 heterocycles. The maximum atomic E-state index is 6.15. The van der Waals surface area contributed by atoms with Gasteiger partial charge in [-0.3, -0.25) is 0 Å². The fourth-order valence-corrected chi connectivity index (χ4v) is 2.26. The van der Waals surface area contributed by atoms with Gasteiger partial charge in [0.15, 0.2) is 0 Å². The number of aromatic nitrogens is 2. The second-order valence-corrected chi connectivity index (χ2v) is 5.16. The lowest BCUT2D eigenvalue weighted by molar-refractivity contribution is 0.410. The molecule has 0 spiro atoms. The quantitative estimate of drug-likeness (QED) is 0.829. The molecule has 0 amide bonds. The van der Waals surface area contributed by atoms with E-state index in [4.69, 9.17) is 27.9 Å². The van der Waals surface area contributed by atoms with Gasteiger partial charge < -0.3 is 10.1 Å². The van der Waals surface area contributed by atoms with Gasteiger partial charge in [-0.05, 0) is 28.1 Å². The van der Waals surface area contributed by atoms with E-state index >= 15 is 0 Å². The van der Waals surface area contributed by atoms with Gasteiger partial charge in [0.25, 0.3) is 0 Å². The lowest BCUT2D eigenvalue weighted by atomic mass is 10.2. The second kappa shape index (κ2) is 6.41. The van der Waals surface area contributed by atoms with Crippen molar-refractivity contribution in [3.63, 3.8) is 0 Å². The molecule has 2 aromatic rings. The minimum atomic E-state index is 0.351. The summed E-state index contributed by atoms with van der Waals surface area (Å²) in [5, 5.41) is 4.12. The Morgan fingerprint density at radius 1 is 1.32 bits per heavy atom. The number of hydrogen-bond donors (Lipinski definition) is 1. The van der Waals surface area contributed by atoms with E-state index in [0.717, 1.165) is 11.3 Å². The van der Waals surface area contributed by atoms with Crippen LogP contribution >= 0.6 is 39.1 Å². The van der Waals surface area contributed by atoms with E-state index in [-0.39, 0.29) is 0 Å². The third-order valence-electron chi connectivity index (χ3n) is 2.48. The summed E-state index contributed by atoms with van der Waals surface area (Å²) < 4.78 is 5.89. The molecule has 19 heavy (non-hydrogen) atoms. The summed E-state index contributed by atoms with van der Waals surface area (Å²) in [5.41, 5.74) is 0.855. The Kier molecular flexibility index (Phi) is 4.85. The van der Waals surface area contributed by atoms with Gasteiger partial charge in [0.1, 0.15) is 23.0 Å². The van der Waals surface area contributed by atoms with Gasteiger partial charge in [-0.15, -0.1) is 0 Å². The molecule has 7 heteroatoms.